The van der Waals surface area contributed by atoms with Crippen LogP contribution < -0.4 is 0 Å². The van der Waals surface area contributed by atoms with Gasteiger partial charge in [0.2, 0.25) is 0 Å². The van der Waals surface area contributed by atoms with Crippen LogP contribution in [-0.2, 0) is 0 Å². The fourth-order valence-corrected chi connectivity index (χ4v) is 4.45. The molecule has 6 rings (SSSR count). The minimum Gasteiger partial charge on any atom is -0.507 e. The molecule has 6 heteroatoms. The summed E-state index contributed by atoms with van der Waals surface area (Å²) in [5, 5.41) is 44.6. The van der Waals surface area contributed by atoms with Crippen LogP contribution in [-0.4, -0.2) is 20.3 Å². The van der Waals surface area contributed by atoms with E-state index >= 15 is 0 Å². The molecule has 0 aliphatic rings. The summed E-state index contributed by atoms with van der Waals surface area (Å²) in [4.78, 5) is 4.39. The first-order valence-corrected chi connectivity index (χ1v) is 11.1. The first-order valence-electron chi connectivity index (χ1n) is 11.1. The Morgan fingerprint density at radius 2 is 1.29 bits per heavy atom. The molecule has 0 radical (unpaired) electrons. The van der Waals surface area contributed by atoms with Gasteiger partial charge in [-0.25, -0.2) is 4.98 Å². The highest BCUT2D eigenvalue weighted by Gasteiger charge is 2.17. The third-order valence-corrected chi connectivity index (χ3v) is 6.12. The minimum absolute atomic E-state index is 0.0172. The number of aromatic hydroxyl groups is 3. The summed E-state index contributed by atoms with van der Waals surface area (Å²) in [5.74, 6) is 0.466. The Bertz CT molecular complexity index is 1790. The average Bonchev–Trinajstić information content (AvgIpc) is 2.89. The van der Waals surface area contributed by atoms with Gasteiger partial charge >= 0.3 is 0 Å². The molecule has 6 nitrogen and oxygen atoms in total. The third-order valence-electron chi connectivity index (χ3n) is 6.12. The molecule has 0 unspecified atom stereocenters. The number of pyridine rings is 1. The summed E-state index contributed by atoms with van der Waals surface area (Å²) in [5.41, 5.74) is 2.05. The topological polar surface area (TPSA) is 98.3 Å². The number of para-hydroxylation sites is 1. The number of aromatic nitrogens is 1. The number of hydrogen-bond acceptors (Lipinski definition) is 6. The second kappa shape index (κ2) is 8.11. The Morgan fingerprint density at radius 1 is 0.571 bits per heavy atom. The first kappa shape index (κ1) is 20.6. The molecule has 0 fully saturated rings. The monoisotopic (exact) mass is 457 g/mol. The molecule has 3 N–H and O–H groups in total. The summed E-state index contributed by atoms with van der Waals surface area (Å²) in [7, 11) is 0. The molecular weight excluding hydrogens is 438 g/mol. The minimum atomic E-state index is -0.0172. The zero-order chi connectivity index (χ0) is 23.9. The van der Waals surface area contributed by atoms with E-state index in [9.17, 15) is 15.3 Å². The van der Waals surface area contributed by atoms with E-state index in [0.29, 0.717) is 22.3 Å². The molecule has 5 aromatic carbocycles. The first-order chi connectivity index (χ1) is 17.1. The van der Waals surface area contributed by atoms with Gasteiger partial charge in [-0.15, -0.1) is 10.2 Å². The Labute approximate surface area is 200 Å². The highest BCUT2D eigenvalue weighted by molar-refractivity contribution is 6.10. The average molecular weight is 457 g/mol. The molecule has 1 aromatic heterocycles. The Morgan fingerprint density at radius 3 is 2.14 bits per heavy atom. The van der Waals surface area contributed by atoms with Crippen LogP contribution in [0.3, 0.4) is 0 Å². The van der Waals surface area contributed by atoms with Crippen LogP contribution in [0.1, 0.15) is 0 Å². The molecule has 0 spiro atoms. The van der Waals surface area contributed by atoms with Crippen molar-refractivity contribution in [2.45, 2.75) is 0 Å². The predicted molar refractivity (Wildman–Crippen MR) is 138 cm³/mol. The number of azo groups is 1. The van der Waals surface area contributed by atoms with Gasteiger partial charge in [0.05, 0.1) is 0 Å². The molecule has 0 bridgehead atoms. The molecule has 0 aliphatic heterocycles. The number of hydrogen-bond donors (Lipinski definition) is 3. The largest absolute Gasteiger partial charge is 0.507 e. The highest BCUT2D eigenvalue weighted by atomic mass is 16.3. The van der Waals surface area contributed by atoms with Gasteiger partial charge in [0, 0.05) is 16.3 Å². The van der Waals surface area contributed by atoms with E-state index in [1.54, 1.807) is 36.4 Å². The van der Waals surface area contributed by atoms with Crippen molar-refractivity contribution < 1.29 is 15.3 Å². The highest BCUT2D eigenvalue weighted by Crippen LogP contribution is 2.46. The maximum Gasteiger partial charge on any atom is 0.175 e. The number of benzene rings is 5. The van der Waals surface area contributed by atoms with E-state index in [2.05, 4.69) is 15.2 Å². The Hall–Kier alpha value is -4.97. The number of phenolic OH excluding ortho intramolecular Hbond substituents is 3. The summed E-state index contributed by atoms with van der Waals surface area (Å²) < 4.78 is 0. The van der Waals surface area contributed by atoms with Crippen LogP contribution in [0.25, 0.3) is 43.6 Å². The second-order valence-corrected chi connectivity index (χ2v) is 8.24. The quantitative estimate of drug-likeness (QED) is 0.237. The van der Waals surface area contributed by atoms with Crippen molar-refractivity contribution >= 4 is 44.0 Å². The maximum absolute atomic E-state index is 11.0. The van der Waals surface area contributed by atoms with Gasteiger partial charge in [-0.05, 0) is 52.1 Å². The summed E-state index contributed by atoms with van der Waals surface area (Å²) in [6, 6.07) is 29.2. The molecule has 0 atom stereocenters. The molecule has 168 valence electrons. The fourth-order valence-electron chi connectivity index (χ4n) is 4.45. The molecule has 6 aromatic rings. The normalized spacial score (nSPS) is 11.7. The van der Waals surface area contributed by atoms with Gasteiger partial charge in [-0.1, -0.05) is 66.7 Å². The Balaban J connectivity index is 1.56. The van der Waals surface area contributed by atoms with Crippen molar-refractivity contribution in [3.63, 3.8) is 0 Å². The SMILES string of the molecule is Oc1ccc2ccccc2c1-c1cc(N=Nc2ccc3cccc(O)c3n2)c(O)c2ccccc12. The lowest BCUT2D eigenvalue weighted by Gasteiger charge is -2.14. The van der Waals surface area contributed by atoms with E-state index < -0.39 is 0 Å². The molecule has 0 amide bonds. The predicted octanol–water partition coefficient (Wildman–Crippen LogP) is 7.74. The smallest absolute Gasteiger partial charge is 0.175 e. The van der Waals surface area contributed by atoms with Crippen LogP contribution in [0.2, 0.25) is 0 Å². The number of phenols is 3. The van der Waals surface area contributed by atoms with E-state index in [0.717, 1.165) is 27.1 Å². The van der Waals surface area contributed by atoms with Crippen LogP contribution in [0, 0.1) is 0 Å². The lowest BCUT2D eigenvalue weighted by atomic mass is 9.92. The van der Waals surface area contributed by atoms with Gasteiger partial charge in [0.15, 0.2) is 11.6 Å². The van der Waals surface area contributed by atoms with E-state index in [1.807, 2.05) is 60.7 Å². The van der Waals surface area contributed by atoms with E-state index in [4.69, 9.17) is 0 Å². The zero-order valence-electron chi connectivity index (χ0n) is 18.4. The molecule has 35 heavy (non-hydrogen) atoms. The van der Waals surface area contributed by atoms with Crippen LogP contribution >= 0.6 is 0 Å². The van der Waals surface area contributed by atoms with Gasteiger partial charge in [-0.3, -0.25) is 0 Å². The summed E-state index contributed by atoms with van der Waals surface area (Å²) in [6.45, 7) is 0. The van der Waals surface area contributed by atoms with Gasteiger partial charge < -0.3 is 15.3 Å². The van der Waals surface area contributed by atoms with Crippen molar-refractivity contribution in [2.24, 2.45) is 10.2 Å². The van der Waals surface area contributed by atoms with Crippen molar-refractivity contribution in [1.29, 1.82) is 0 Å². The second-order valence-electron chi connectivity index (χ2n) is 8.24. The zero-order valence-corrected chi connectivity index (χ0v) is 18.4. The van der Waals surface area contributed by atoms with Crippen LogP contribution in [0.5, 0.6) is 17.2 Å². The van der Waals surface area contributed by atoms with Crippen molar-refractivity contribution in [3.8, 4) is 28.4 Å². The molecule has 0 saturated heterocycles. The fraction of sp³-hybridized carbons (Fsp3) is 0. The number of nitrogens with zero attached hydrogens (tertiary/aromatic N) is 3. The van der Waals surface area contributed by atoms with Gasteiger partial charge in [0.25, 0.3) is 0 Å². The maximum atomic E-state index is 11.0. The van der Waals surface area contributed by atoms with Crippen molar-refractivity contribution in [3.05, 3.63) is 97.1 Å². The summed E-state index contributed by atoms with van der Waals surface area (Å²) >= 11 is 0. The molecular formula is C29H19N3O3. The lowest BCUT2D eigenvalue weighted by Crippen LogP contribution is -1.87. The van der Waals surface area contributed by atoms with Crippen LogP contribution in [0.15, 0.2) is 107 Å². The Kier molecular flexibility index (Phi) is 4.78. The third kappa shape index (κ3) is 3.48. The number of fused-ring (bicyclic) bond motifs is 3. The molecule has 0 saturated carbocycles. The van der Waals surface area contributed by atoms with Gasteiger partial charge in [0.1, 0.15) is 22.7 Å². The molecule has 0 aliphatic carbocycles. The lowest BCUT2D eigenvalue weighted by molar-refractivity contribution is 0.477. The number of rotatable bonds is 3. The van der Waals surface area contributed by atoms with E-state index in [-0.39, 0.29) is 22.9 Å². The molecule has 1 heterocycles. The van der Waals surface area contributed by atoms with Gasteiger partial charge in [-0.2, -0.15) is 0 Å². The van der Waals surface area contributed by atoms with Crippen LogP contribution in [0.4, 0.5) is 11.5 Å². The van der Waals surface area contributed by atoms with Crippen molar-refractivity contribution in [1.82, 2.24) is 4.98 Å². The summed E-state index contributed by atoms with van der Waals surface area (Å²) in [6.07, 6.45) is 0. The van der Waals surface area contributed by atoms with E-state index in [1.165, 1.54) is 0 Å². The van der Waals surface area contributed by atoms with Crippen molar-refractivity contribution in [2.75, 3.05) is 0 Å². The standard InChI is InChI=1S/C29H19N3O3/c33-24-14-12-17-6-1-2-8-19(17)27(24)22-16-23(29(35)21-10-4-3-9-20(21)22)31-32-26-15-13-18-7-5-11-25(34)28(18)30-26/h1-16,33-35H.